The standard InChI is InChI=1S/C27H19N.C26H18N2O2/c1-3-9-19(10-4-1)26-18-28(21-12-5-2-6-13-21)27-24(26)16-15-23-22-14-8-7-11-20(22)17-25(23)27;29-28(30)25-14-8-7-13-22(25)20-15-16-23-24(19-9-3-1-4-10-19)18-27(26(23)17-20)21-11-5-2-6-12-21/h1-16,18H,17H2;1-18H. The minimum atomic E-state index is -0.328. The minimum absolute atomic E-state index is 0.109. The summed E-state index contributed by atoms with van der Waals surface area (Å²) in [7, 11) is 0. The molecule has 5 heteroatoms. The Morgan fingerprint density at radius 1 is 0.431 bits per heavy atom. The van der Waals surface area contributed by atoms with E-state index < -0.39 is 0 Å². The van der Waals surface area contributed by atoms with Crippen LogP contribution in [0.5, 0.6) is 0 Å². The number of nitro benzene ring substituents is 1. The van der Waals surface area contributed by atoms with Crippen molar-refractivity contribution in [2.75, 3.05) is 0 Å². The smallest absolute Gasteiger partial charge is 0.277 e. The Hall–Kier alpha value is -7.76. The van der Waals surface area contributed by atoms with Gasteiger partial charge in [0.25, 0.3) is 5.69 Å². The average Bonchev–Trinajstić information content (AvgIpc) is 4.00. The van der Waals surface area contributed by atoms with E-state index in [1.165, 1.54) is 50.0 Å². The topological polar surface area (TPSA) is 53.0 Å². The molecule has 8 aromatic carbocycles. The average molecular weight is 748 g/mol. The van der Waals surface area contributed by atoms with Crippen LogP contribution in [0.25, 0.3) is 77.7 Å². The normalized spacial score (nSPS) is 11.5. The molecule has 0 radical (unpaired) electrons. The molecule has 0 fully saturated rings. The zero-order valence-electron chi connectivity index (χ0n) is 31.6. The second kappa shape index (κ2) is 14.7. The predicted octanol–water partition coefficient (Wildman–Crippen LogP) is 13.7. The number of aromatic nitrogens is 2. The van der Waals surface area contributed by atoms with Gasteiger partial charge in [-0.25, -0.2) is 0 Å². The molecule has 1 aliphatic carbocycles. The van der Waals surface area contributed by atoms with Crippen LogP contribution in [-0.2, 0) is 6.42 Å². The molecular formula is C53H37N3O2. The molecule has 0 amide bonds. The molecule has 0 N–H and O–H groups in total. The number of hydrogen-bond acceptors (Lipinski definition) is 2. The number of rotatable bonds is 6. The Morgan fingerprint density at radius 2 is 0.948 bits per heavy atom. The van der Waals surface area contributed by atoms with E-state index in [9.17, 15) is 10.1 Å². The summed E-state index contributed by atoms with van der Waals surface area (Å²) in [6.45, 7) is 0. The van der Waals surface area contributed by atoms with Gasteiger partial charge in [0, 0.05) is 58.2 Å². The van der Waals surface area contributed by atoms with E-state index in [2.05, 4.69) is 149 Å². The Morgan fingerprint density at radius 3 is 1.60 bits per heavy atom. The van der Waals surface area contributed by atoms with Gasteiger partial charge in [-0.05, 0) is 75.3 Å². The van der Waals surface area contributed by atoms with Gasteiger partial charge in [0.15, 0.2) is 0 Å². The molecule has 0 aliphatic heterocycles. The van der Waals surface area contributed by atoms with E-state index in [1.807, 2.05) is 54.6 Å². The van der Waals surface area contributed by atoms with Crippen molar-refractivity contribution in [1.29, 1.82) is 0 Å². The van der Waals surface area contributed by atoms with Gasteiger partial charge < -0.3 is 9.13 Å². The van der Waals surface area contributed by atoms with Crippen LogP contribution in [0.2, 0.25) is 0 Å². The number of nitrogens with zero attached hydrogens (tertiary/aromatic N) is 3. The highest BCUT2D eigenvalue weighted by Crippen LogP contribution is 2.44. The first-order chi connectivity index (χ1) is 28.6. The third-order valence-corrected chi connectivity index (χ3v) is 11.2. The van der Waals surface area contributed by atoms with Gasteiger partial charge in [-0.3, -0.25) is 10.1 Å². The second-order valence-corrected chi connectivity index (χ2v) is 14.6. The highest BCUT2D eigenvalue weighted by molar-refractivity contribution is 6.03. The number of nitro groups is 1. The fourth-order valence-corrected chi connectivity index (χ4v) is 8.51. The summed E-state index contributed by atoms with van der Waals surface area (Å²) in [5, 5.41) is 14.0. The molecule has 0 bridgehead atoms. The highest BCUT2D eigenvalue weighted by atomic mass is 16.6. The fraction of sp³-hybridized carbons (Fsp3) is 0.0189. The van der Waals surface area contributed by atoms with Crippen LogP contribution >= 0.6 is 0 Å². The summed E-state index contributed by atoms with van der Waals surface area (Å²) in [5.41, 5.74) is 16.6. The van der Waals surface area contributed by atoms with Crippen LogP contribution in [0.15, 0.2) is 213 Å². The summed E-state index contributed by atoms with van der Waals surface area (Å²) in [6.07, 6.45) is 5.44. The summed E-state index contributed by atoms with van der Waals surface area (Å²) in [4.78, 5) is 11.2. The molecule has 0 saturated carbocycles. The molecule has 58 heavy (non-hydrogen) atoms. The first-order valence-electron chi connectivity index (χ1n) is 19.5. The summed E-state index contributed by atoms with van der Waals surface area (Å²) >= 11 is 0. The lowest BCUT2D eigenvalue weighted by Crippen LogP contribution is -1.94. The molecule has 2 aromatic heterocycles. The molecular weight excluding hydrogens is 711 g/mol. The van der Waals surface area contributed by atoms with Crippen molar-refractivity contribution >= 4 is 27.5 Å². The molecule has 1 aliphatic rings. The van der Waals surface area contributed by atoms with Crippen molar-refractivity contribution < 1.29 is 4.92 Å². The maximum Gasteiger partial charge on any atom is 0.277 e. The van der Waals surface area contributed by atoms with Gasteiger partial charge in [0.2, 0.25) is 0 Å². The first-order valence-corrected chi connectivity index (χ1v) is 19.5. The Balaban J connectivity index is 0.000000141. The van der Waals surface area contributed by atoms with E-state index in [-0.39, 0.29) is 10.6 Å². The molecule has 2 heterocycles. The first kappa shape index (κ1) is 34.7. The Labute approximate surface area is 336 Å². The maximum atomic E-state index is 11.5. The van der Waals surface area contributed by atoms with Crippen LogP contribution in [0.3, 0.4) is 0 Å². The van der Waals surface area contributed by atoms with Gasteiger partial charge in [-0.15, -0.1) is 0 Å². The van der Waals surface area contributed by atoms with E-state index in [1.54, 1.807) is 18.2 Å². The lowest BCUT2D eigenvalue weighted by atomic mass is 9.99. The van der Waals surface area contributed by atoms with Crippen molar-refractivity contribution in [2.45, 2.75) is 6.42 Å². The molecule has 276 valence electrons. The zero-order chi connectivity index (χ0) is 39.0. The molecule has 0 unspecified atom stereocenters. The molecule has 5 nitrogen and oxygen atoms in total. The number of hydrogen-bond donors (Lipinski definition) is 0. The highest BCUT2D eigenvalue weighted by Gasteiger charge is 2.24. The number of fused-ring (bicyclic) bond motifs is 6. The van der Waals surface area contributed by atoms with Gasteiger partial charge in [-0.1, -0.05) is 158 Å². The van der Waals surface area contributed by atoms with Crippen LogP contribution in [0.1, 0.15) is 11.1 Å². The minimum Gasteiger partial charge on any atom is -0.316 e. The van der Waals surface area contributed by atoms with Gasteiger partial charge in [-0.2, -0.15) is 0 Å². The Kier molecular flexibility index (Phi) is 8.81. The lowest BCUT2D eigenvalue weighted by molar-refractivity contribution is -0.384. The van der Waals surface area contributed by atoms with E-state index in [0.29, 0.717) is 5.56 Å². The lowest BCUT2D eigenvalue weighted by Gasteiger charge is -2.09. The molecule has 0 spiro atoms. The maximum absolute atomic E-state index is 11.5. The van der Waals surface area contributed by atoms with Crippen LogP contribution in [0, 0.1) is 10.1 Å². The monoisotopic (exact) mass is 747 g/mol. The van der Waals surface area contributed by atoms with Crippen LogP contribution in [-0.4, -0.2) is 14.1 Å². The third kappa shape index (κ3) is 6.16. The quantitative estimate of drug-likeness (QED) is 0.126. The van der Waals surface area contributed by atoms with Crippen LogP contribution in [0.4, 0.5) is 5.69 Å². The Bertz CT molecular complexity index is 3090. The summed E-state index contributed by atoms with van der Waals surface area (Å²) < 4.78 is 4.53. The van der Waals surface area contributed by atoms with Crippen molar-refractivity contribution in [1.82, 2.24) is 9.13 Å². The van der Waals surface area contributed by atoms with Crippen molar-refractivity contribution in [3.05, 3.63) is 234 Å². The fourth-order valence-electron chi connectivity index (χ4n) is 8.51. The van der Waals surface area contributed by atoms with Gasteiger partial charge in [0.05, 0.1) is 21.5 Å². The molecule has 0 atom stereocenters. The summed E-state index contributed by atoms with van der Waals surface area (Å²) in [5.74, 6) is 0. The number of benzene rings is 8. The van der Waals surface area contributed by atoms with E-state index in [4.69, 9.17) is 0 Å². The van der Waals surface area contributed by atoms with Crippen molar-refractivity contribution in [2.24, 2.45) is 0 Å². The zero-order valence-corrected chi connectivity index (χ0v) is 31.6. The van der Waals surface area contributed by atoms with Crippen LogP contribution < -0.4 is 0 Å². The van der Waals surface area contributed by atoms with Gasteiger partial charge in [0.1, 0.15) is 0 Å². The largest absolute Gasteiger partial charge is 0.316 e. The van der Waals surface area contributed by atoms with Crippen molar-refractivity contribution in [3.63, 3.8) is 0 Å². The van der Waals surface area contributed by atoms with E-state index >= 15 is 0 Å². The van der Waals surface area contributed by atoms with Crippen molar-refractivity contribution in [3.8, 4) is 55.9 Å². The van der Waals surface area contributed by atoms with Gasteiger partial charge >= 0.3 is 0 Å². The summed E-state index contributed by atoms with van der Waals surface area (Å²) in [6, 6.07) is 68.1. The molecule has 11 rings (SSSR count). The molecule has 10 aromatic rings. The SMILES string of the molecule is O=[N+]([O-])c1ccccc1-c1ccc2c(-c3ccccc3)cn(-c3ccccc3)c2c1.c1ccc(-c2cn(-c3ccccc3)c3c4c(ccc23)-c2ccccc2C4)cc1. The molecule has 0 saturated heterocycles. The third-order valence-electron chi connectivity index (χ3n) is 11.2. The second-order valence-electron chi connectivity index (χ2n) is 14.6. The predicted molar refractivity (Wildman–Crippen MR) is 238 cm³/mol. The van der Waals surface area contributed by atoms with E-state index in [0.717, 1.165) is 39.7 Å². The number of para-hydroxylation sites is 3.